The quantitative estimate of drug-likeness (QED) is 0.744. The highest BCUT2D eigenvalue weighted by molar-refractivity contribution is 7.91. The summed E-state index contributed by atoms with van der Waals surface area (Å²) < 4.78 is 29.4. The number of nitrogens with zero attached hydrogens (tertiary/aromatic N) is 1. The first kappa shape index (κ1) is 19.6. The molecule has 0 saturated carbocycles. The molecule has 0 spiro atoms. The molecule has 0 aliphatic carbocycles. The molecule has 0 unspecified atom stereocenters. The number of ether oxygens (including phenoxy) is 1. The first-order valence-corrected chi connectivity index (χ1v) is 11.2. The molecular formula is C20H24N2O3S2. The fourth-order valence-electron chi connectivity index (χ4n) is 3.16. The minimum absolute atomic E-state index is 0.113. The monoisotopic (exact) mass is 404 g/mol. The van der Waals surface area contributed by atoms with Gasteiger partial charge in [-0.1, -0.05) is 30.3 Å². The zero-order chi connectivity index (χ0) is 19.3. The van der Waals surface area contributed by atoms with Crippen molar-refractivity contribution in [3.63, 3.8) is 0 Å². The number of sulfone groups is 1. The molecule has 1 heterocycles. The van der Waals surface area contributed by atoms with Crippen LogP contribution >= 0.6 is 12.2 Å². The van der Waals surface area contributed by atoms with Crippen molar-refractivity contribution in [2.45, 2.75) is 25.9 Å². The van der Waals surface area contributed by atoms with Crippen LogP contribution in [-0.4, -0.2) is 42.6 Å². The van der Waals surface area contributed by atoms with Gasteiger partial charge in [0, 0.05) is 18.3 Å². The van der Waals surface area contributed by atoms with E-state index in [0.717, 1.165) is 17.0 Å². The highest BCUT2D eigenvalue weighted by Gasteiger charge is 2.33. The van der Waals surface area contributed by atoms with Crippen LogP contribution in [0.15, 0.2) is 54.6 Å². The number of rotatable bonds is 6. The van der Waals surface area contributed by atoms with Crippen LogP contribution in [0, 0.1) is 0 Å². The lowest BCUT2D eigenvalue weighted by Crippen LogP contribution is -2.42. The lowest BCUT2D eigenvalue weighted by molar-refractivity contribution is 0.332. The van der Waals surface area contributed by atoms with Crippen molar-refractivity contribution < 1.29 is 13.2 Å². The molecular weight excluding hydrogens is 380 g/mol. The Kier molecular flexibility index (Phi) is 6.34. The second-order valence-electron chi connectivity index (χ2n) is 6.56. The summed E-state index contributed by atoms with van der Waals surface area (Å²) >= 11 is 5.64. The van der Waals surface area contributed by atoms with Gasteiger partial charge in [0.1, 0.15) is 5.75 Å². The molecule has 1 saturated heterocycles. The maximum Gasteiger partial charge on any atom is 0.174 e. The van der Waals surface area contributed by atoms with Crippen LogP contribution in [0.2, 0.25) is 0 Å². The van der Waals surface area contributed by atoms with Gasteiger partial charge >= 0.3 is 0 Å². The van der Waals surface area contributed by atoms with Gasteiger partial charge in [0.2, 0.25) is 0 Å². The molecule has 0 aromatic heterocycles. The molecule has 1 aliphatic heterocycles. The smallest absolute Gasteiger partial charge is 0.174 e. The third-order valence-electron chi connectivity index (χ3n) is 4.52. The van der Waals surface area contributed by atoms with Crippen LogP contribution < -0.4 is 10.1 Å². The van der Waals surface area contributed by atoms with Crippen LogP contribution in [0.5, 0.6) is 5.75 Å². The number of thiocarbonyl (C=S) groups is 1. The molecule has 2 aromatic rings. The van der Waals surface area contributed by atoms with Crippen molar-refractivity contribution in [3.05, 3.63) is 60.2 Å². The molecule has 1 atom stereocenters. The van der Waals surface area contributed by atoms with Gasteiger partial charge in [-0.3, -0.25) is 0 Å². The van der Waals surface area contributed by atoms with Crippen molar-refractivity contribution in [2.24, 2.45) is 0 Å². The van der Waals surface area contributed by atoms with E-state index in [4.69, 9.17) is 17.0 Å². The fourth-order valence-corrected chi connectivity index (χ4v) is 5.23. The molecule has 1 fully saturated rings. The van der Waals surface area contributed by atoms with E-state index in [1.807, 2.05) is 66.4 Å². The molecule has 0 bridgehead atoms. The standard InChI is InChI=1S/C20H24N2O3S2/c1-2-25-19-10-8-17(9-11-19)21-20(26)22(14-16-6-4-3-5-7-16)18-12-13-27(23,24)15-18/h3-11,18H,2,12-15H2,1H3,(H,21,26)/t18-/m0/s1. The van der Waals surface area contributed by atoms with E-state index in [2.05, 4.69) is 5.32 Å². The van der Waals surface area contributed by atoms with Gasteiger partial charge in [-0.05, 0) is 55.4 Å². The summed E-state index contributed by atoms with van der Waals surface area (Å²) in [6, 6.07) is 17.4. The molecule has 1 aliphatic rings. The Morgan fingerprint density at radius 2 is 1.89 bits per heavy atom. The first-order chi connectivity index (χ1) is 13.0. The molecule has 0 radical (unpaired) electrons. The second-order valence-corrected chi connectivity index (χ2v) is 9.17. The number of hydrogen-bond donors (Lipinski definition) is 1. The van der Waals surface area contributed by atoms with Crippen LogP contribution in [-0.2, 0) is 16.4 Å². The highest BCUT2D eigenvalue weighted by Crippen LogP contribution is 2.22. The normalized spacial score (nSPS) is 18.0. The predicted octanol–water partition coefficient (Wildman–Crippen LogP) is 3.47. The van der Waals surface area contributed by atoms with E-state index in [1.165, 1.54) is 0 Å². The summed E-state index contributed by atoms with van der Waals surface area (Å²) in [6.07, 6.45) is 0.597. The highest BCUT2D eigenvalue weighted by atomic mass is 32.2. The van der Waals surface area contributed by atoms with Crippen molar-refractivity contribution in [2.75, 3.05) is 23.4 Å². The van der Waals surface area contributed by atoms with Crippen molar-refractivity contribution in [3.8, 4) is 5.75 Å². The minimum Gasteiger partial charge on any atom is -0.494 e. The molecule has 1 N–H and O–H groups in total. The Labute approximate surface area is 166 Å². The lowest BCUT2D eigenvalue weighted by Gasteiger charge is -2.31. The third-order valence-corrected chi connectivity index (χ3v) is 6.61. The van der Waals surface area contributed by atoms with E-state index >= 15 is 0 Å². The zero-order valence-electron chi connectivity index (χ0n) is 15.3. The van der Waals surface area contributed by atoms with Crippen LogP contribution in [0.4, 0.5) is 5.69 Å². The summed E-state index contributed by atoms with van der Waals surface area (Å²) in [6.45, 7) is 3.13. The Bertz CT molecular complexity index is 868. The second kappa shape index (κ2) is 8.71. The van der Waals surface area contributed by atoms with Gasteiger partial charge in [-0.2, -0.15) is 0 Å². The van der Waals surface area contributed by atoms with E-state index in [0.29, 0.717) is 24.7 Å². The van der Waals surface area contributed by atoms with Gasteiger partial charge < -0.3 is 15.0 Å². The average molecular weight is 405 g/mol. The Hall–Kier alpha value is -2.12. The van der Waals surface area contributed by atoms with Crippen LogP contribution in [0.25, 0.3) is 0 Å². The average Bonchev–Trinajstić information content (AvgIpc) is 3.02. The topological polar surface area (TPSA) is 58.6 Å². The van der Waals surface area contributed by atoms with Gasteiger partial charge in [0.05, 0.1) is 18.1 Å². The summed E-state index contributed by atoms with van der Waals surface area (Å²) in [7, 11) is -3.00. The molecule has 7 heteroatoms. The summed E-state index contributed by atoms with van der Waals surface area (Å²) in [4.78, 5) is 1.99. The van der Waals surface area contributed by atoms with Crippen molar-refractivity contribution >= 4 is 32.9 Å². The van der Waals surface area contributed by atoms with E-state index in [-0.39, 0.29) is 17.5 Å². The van der Waals surface area contributed by atoms with E-state index < -0.39 is 9.84 Å². The number of hydrogen-bond acceptors (Lipinski definition) is 4. The van der Waals surface area contributed by atoms with Gasteiger partial charge in [0.25, 0.3) is 0 Å². The molecule has 27 heavy (non-hydrogen) atoms. The zero-order valence-corrected chi connectivity index (χ0v) is 16.9. The number of anilines is 1. The Morgan fingerprint density at radius 1 is 1.19 bits per heavy atom. The predicted molar refractivity (Wildman–Crippen MR) is 113 cm³/mol. The maximum atomic E-state index is 12.0. The Balaban J connectivity index is 1.75. The summed E-state index contributed by atoms with van der Waals surface area (Å²) in [5.74, 6) is 1.16. The fraction of sp³-hybridized carbons (Fsp3) is 0.350. The first-order valence-electron chi connectivity index (χ1n) is 9.01. The van der Waals surface area contributed by atoms with Gasteiger partial charge in [-0.25, -0.2) is 8.42 Å². The Morgan fingerprint density at radius 3 is 2.48 bits per heavy atom. The molecule has 0 amide bonds. The van der Waals surface area contributed by atoms with E-state index in [9.17, 15) is 8.42 Å². The number of benzene rings is 2. The van der Waals surface area contributed by atoms with Gasteiger partial charge in [0.15, 0.2) is 14.9 Å². The molecule has 5 nitrogen and oxygen atoms in total. The number of nitrogens with one attached hydrogen (secondary N) is 1. The van der Waals surface area contributed by atoms with Crippen molar-refractivity contribution in [1.29, 1.82) is 0 Å². The maximum absolute atomic E-state index is 12.0. The minimum atomic E-state index is -3.00. The lowest BCUT2D eigenvalue weighted by atomic mass is 10.1. The third kappa shape index (κ3) is 5.43. The SMILES string of the molecule is CCOc1ccc(NC(=S)N(Cc2ccccc2)[C@H]2CCS(=O)(=O)C2)cc1. The van der Waals surface area contributed by atoms with E-state index in [1.54, 1.807) is 0 Å². The van der Waals surface area contributed by atoms with Crippen LogP contribution in [0.3, 0.4) is 0 Å². The molecule has 3 rings (SSSR count). The van der Waals surface area contributed by atoms with Gasteiger partial charge in [-0.15, -0.1) is 0 Å². The van der Waals surface area contributed by atoms with Crippen molar-refractivity contribution in [1.82, 2.24) is 4.90 Å². The molecule has 144 valence electrons. The molecule has 2 aromatic carbocycles. The summed E-state index contributed by atoms with van der Waals surface area (Å²) in [5.41, 5.74) is 1.94. The largest absolute Gasteiger partial charge is 0.494 e. The summed E-state index contributed by atoms with van der Waals surface area (Å²) in [5, 5.41) is 3.78. The van der Waals surface area contributed by atoms with Crippen LogP contribution in [0.1, 0.15) is 18.9 Å².